The van der Waals surface area contributed by atoms with Crippen LogP contribution in [0.2, 0.25) is 10.0 Å². The molecule has 0 fully saturated rings. The number of aromatic nitrogens is 3. The lowest BCUT2D eigenvalue weighted by Crippen LogP contribution is -2.09. The number of hydrogen-bond acceptors (Lipinski definition) is 4. The normalized spacial score (nSPS) is 12.6. The first-order chi connectivity index (χ1) is 13.9. The molecule has 5 nitrogen and oxygen atoms in total. The van der Waals surface area contributed by atoms with Gasteiger partial charge in [0.1, 0.15) is 17.1 Å². The van der Waals surface area contributed by atoms with Gasteiger partial charge in [-0.15, -0.1) is 0 Å². The number of unbranched alkanes of at least 4 members (excludes halogenated alkanes) is 2. The van der Waals surface area contributed by atoms with E-state index in [1.54, 1.807) is 18.2 Å². The lowest BCUT2D eigenvalue weighted by atomic mass is 10.2. The Labute approximate surface area is 184 Å². The molecule has 0 aliphatic heterocycles. The number of nitrogen functional groups attached to an aromatic ring is 1. The zero-order chi connectivity index (χ0) is 21.0. The number of imidazole rings is 1. The molecule has 3 aromatic rings. The quantitative estimate of drug-likeness (QED) is 0.340. The summed E-state index contributed by atoms with van der Waals surface area (Å²) in [5.74, 6) is 2.13. The zero-order valence-electron chi connectivity index (χ0n) is 16.8. The third-order valence-corrected chi connectivity index (χ3v) is 7.05. The molecule has 156 valence electrons. The van der Waals surface area contributed by atoms with Gasteiger partial charge in [0.25, 0.3) is 0 Å². The maximum Gasteiger partial charge on any atom is 0.171 e. The minimum Gasteiger partial charge on any atom is -0.611 e. The van der Waals surface area contributed by atoms with Crippen molar-refractivity contribution in [1.29, 1.82) is 0 Å². The average Bonchev–Trinajstić information content (AvgIpc) is 3.04. The van der Waals surface area contributed by atoms with Crippen molar-refractivity contribution in [2.45, 2.75) is 57.4 Å². The minimum atomic E-state index is -1.11. The third kappa shape index (κ3) is 5.18. The van der Waals surface area contributed by atoms with E-state index in [-0.39, 0.29) is 0 Å². The van der Waals surface area contributed by atoms with Gasteiger partial charge in [-0.2, -0.15) is 0 Å². The van der Waals surface area contributed by atoms with Gasteiger partial charge in [-0.25, -0.2) is 9.97 Å². The van der Waals surface area contributed by atoms with Crippen molar-refractivity contribution < 1.29 is 4.55 Å². The lowest BCUT2D eigenvalue weighted by Gasteiger charge is -2.13. The minimum absolute atomic E-state index is 0.464. The Hall–Kier alpha value is -1.47. The van der Waals surface area contributed by atoms with Gasteiger partial charge in [0, 0.05) is 24.2 Å². The maximum absolute atomic E-state index is 12.5. The van der Waals surface area contributed by atoms with Gasteiger partial charge < -0.3 is 14.9 Å². The number of aryl methyl sites for hydroxylation is 3. The number of nitrogens with two attached hydrogens (primary N) is 1. The molecule has 1 aromatic carbocycles. The molecule has 1 atom stereocenters. The summed E-state index contributed by atoms with van der Waals surface area (Å²) in [6.45, 7) is 5.06. The molecule has 0 aliphatic rings. The topological polar surface area (TPSA) is 79.8 Å². The predicted molar refractivity (Wildman–Crippen MR) is 122 cm³/mol. The van der Waals surface area contributed by atoms with Gasteiger partial charge >= 0.3 is 0 Å². The molecule has 0 aliphatic carbocycles. The first-order valence-corrected chi connectivity index (χ1v) is 11.9. The number of nitrogens with zero attached hydrogens (tertiary/aromatic N) is 3. The summed E-state index contributed by atoms with van der Waals surface area (Å²) in [7, 11) is 0. The summed E-state index contributed by atoms with van der Waals surface area (Å²) < 4.78 is 14.8. The van der Waals surface area contributed by atoms with Crippen LogP contribution in [0, 0.1) is 6.92 Å². The molecule has 0 saturated carbocycles. The van der Waals surface area contributed by atoms with Crippen LogP contribution in [0.5, 0.6) is 0 Å². The molecular weight excluding hydrogens is 427 g/mol. The Balaban J connectivity index is 1.61. The van der Waals surface area contributed by atoms with Crippen LogP contribution in [0.1, 0.15) is 44.0 Å². The molecule has 2 aromatic heterocycles. The third-order valence-electron chi connectivity index (χ3n) is 4.88. The molecule has 1 unspecified atom stereocenters. The van der Waals surface area contributed by atoms with Crippen molar-refractivity contribution in [3.63, 3.8) is 0 Å². The smallest absolute Gasteiger partial charge is 0.171 e. The second-order valence-corrected chi connectivity index (χ2v) is 9.52. The van der Waals surface area contributed by atoms with Gasteiger partial charge in [-0.3, -0.25) is 0 Å². The van der Waals surface area contributed by atoms with E-state index in [1.807, 2.05) is 13.1 Å². The summed E-state index contributed by atoms with van der Waals surface area (Å²) in [6.07, 6.45) is 6.56. The SMILES string of the molecule is CCCc1nc2c(N)ncc(C)c2n1CCCCC[S+]([O-])c1ccc(Cl)cc1Cl. The first kappa shape index (κ1) is 22.2. The van der Waals surface area contributed by atoms with E-state index in [4.69, 9.17) is 33.9 Å². The highest BCUT2D eigenvalue weighted by molar-refractivity contribution is 7.91. The van der Waals surface area contributed by atoms with Crippen molar-refractivity contribution in [3.05, 3.63) is 45.8 Å². The van der Waals surface area contributed by atoms with Crippen LogP contribution in [0.25, 0.3) is 11.0 Å². The number of anilines is 1. The molecule has 0 bridgehead atoms. The number of halogens is 2. The monoisotopic (exact) mass is 452 g/mol. The van der Waals surface area contributed by atoms with E-state index in [1.165, 1.54) is 0 Å². The van der Waals surface area contributed by atoms with Gasteiger partial charge in [-0.1, -0.05) is 30.1 Å². The van der Waals surface area contributed by atoms with E-state index < -0.39 is 11.2 Å². The second kappa shape index (κ2) is 10.0. The van der Waals surface area contributed by atoms with E-state index in [0.29, 0.717) is 26.5 Å². The Bertz CT molecular complexity index is 992. The molecule has 0 amide bonds. The molecule has 2 N–H and O–H groups in total. The van der Waals surface area contributed by atoms with Gasteiger partial charge in [0.05, 0.1) is 10.5 Å². The summed E-state index contributed by atoms with van der Waals surface area (Å²) in [5.41, 5.74) is 9.01. The van der Waals surface area contributed by atoms with E-state index >= 15 is 0 Å². The van der Waals surface area contributed by atoms with Crippen molar-refractivity contribution in [2.75, 3.05) is 11.5 Å². The molecule has 0 spiro atoms. The number of fused-ring (bicyclic) bond motifs is 1. The Morgan fingerprint density at radius 2 is 2.00 bits per heavy atom. The number of benzene rings is 1. The molecule has 0 radical (unpaired) electrons. The van der Waals surface area contributed by atoms with Crippen molar-refractivity contribution in [1.82, 2.24) is 14.5 Å². The highest BCUT2D eigenvalue weighted by atomic mass is 35.5. The van der Waals surface area contributed by atoms with E-state index in [9.17, 15) is 4.55 Å². The van der Waals surface area contributed by atoms with Gasteiger partial charge in [-0.05, 0) is 67.5 Å². The zero-order valence-corrected chi connectivity index (χ0v) is 19.1. The molecule has 8 heteroatoms. The average molecular weight is 453 g/mol. The number of hydrogen-bond donors (Lipinski definition) is 1. The fourth-order valence-electron chi connectivity index (χ4n) is 3.47. The van der Waals surface area contributed by atoms with E-state index in [2.05, 4.69) is 16.5 Å². The largest absolute Gasteiger partial charge is 0.611 e. The van der Waals surface area contributed by atoms with Crippen molar-refractivity contribution >= 4 is 51.2 Å². The van der Waals surface area contributed by atoms with Crippen LogP contribution < -0.4 is 5.73 Å². The molecule has 0 saturated heterocycles. The summed E-state index contributed by atoms with van der Waals surface area (Å²) in [5, 5.41) is 1.02. The van der Waals surface area contributed by atoms with Gasteiger partial charge in [0.15, 0.2) is 10.7 Å². The Morgan fingerprint density at radius 1 is 1.21 bits per heavy atom. The highest BCUT2D eigenvalue weighted by Gasteiger charge is 2.17. The van der Waals surface area contributed by atoms with Crippen LogP contribution >= 0.6 is 23.2 Å². The van der Waals surface area contributed by atoms with Crippen LogP contribution in [-0.2, 0) is 24.1 Å². The first-order valence-electron chi connectivity index (χ1n) is 9.86. The summed E-state index contributed by atoms with van der Waals surface area (Å²) in [4.78, 5) is 9.64. The van der Waals surface area contributed by atoms with Crippen molar-refractivity contribution in [3.8, 4) is 0 Å². The van der Waals surface area contributed by atoms with Gasteiger partial charge in [0.2, 0.25) is 0 Å². The second-order valence-electron chi connectivity index (χ2n) is 7.14. The molecule has 3 rings (SSSR count). The van der Waals surface area contributed by atoms with Crippen LogP contribution in [0.4, 0.5) is 5.82 Å². The Kier molecular flexibility index (Phi) is 7.68. The number of rotatable bonds is 9. The summed E-state index contributed by atoms with van der Waals surface area (Å²) in [6, 6.07) is 5.11. The molecule has 2 heterocycles. The fraction of sp³-hybridized carbons (Fsp3) is 0.429. The highest BCUT2D eigenvalue weighted by Crippen LogP contribution is 2.27. The van der Waals surface area contributed by atoms with E-state index in [0.717, 1.165) is 61.1 Å². The maximum atomic E-state index is 12.5. The number of pyridine rings is 1. The standard InChI is InChI=1S/C21H26Cl2N4OS/c1-3-7-18-26-19-20(14(2)13-25-21(19)24)27(18)10-5-4-6-11-29(28)17-9-8-15(22)12-16(17)23/h8-9,12-13H,3-7,10-11H2,1-2H3,(H2,24,25). The summed E-state index contributed by atoms with van der Waals surface area (Å²) >= 11 is 11.0. The predicted octanol–water partition coefficient (Wildman–Crippen LogP) is 5.56. The van der Waals surface area contributed by atoms with Crippen LogP contribution in [0.15, 0.2) is 29.3 Å². The Morgan fingerprint density at radius 3 is 2.72 bits per heavy atom. The molecular formula is C21H26Cl2N4OS. The van der Waals surface area contributed by atoms with Crippen molar-refractivity contribution in [2.24, 2.45) is 0 Å². The fourth-order valence-corrected chi connectivity index (χ4v) is 5.32. The van der Waals surface area contributed by atoms with Crippen LogP contribution in [-0.4, -0.2) is 24.8 Å². The molecule has 29 heavy (non-hydrogen) atoms. The van der Waals surface area contributed by atoms with Crippen LogP contribution in [0.3, 0.4) is 0 Å². The lowest BCUT2D eigenvalue weighted by molar-refractivity contribution is 0.571.